The Morgan fingerprint density at radius 3 is 2.95 bits per heavy atom. The molecule has 22 heavy (non-hydrogen) atoms. The summed E-state index contributed by atoms with van der Waals surface area (Å²) in [5, 5.41) is 2.13. The second-order valence-corrected chi connectivity index (χ2v) is 6.83. The number of aromatic nitrogens is 3. The second kappa shape index (κ2) is 6.18. The van der Waals surface area contributed by atoms with Gasteiger partial charge in [-0.2, -0.15) is 0 Å². The van der Waals surface area contributed by atoms with Crippen molar-refractivity contribution in [3.05, 3.63) is 46.5 Å². The Hall–Kier alpha value is -1.72. The number of rotatable bonds is 4. The summed E-state index contributed by atoms with van der Waals surface area (Å²) in [4.78, 5) is 10.8. The minimum atomic E-state index is 0.674. The predicted molar refractivity (Wildman–Crippen MR) is 88.2 cm³/mol. The van der Waals surface area contributed by atoms with Crippen molar-refractivity contribution in [3.63, 3.8) is 0 Å². The molecule has 0 N–H and O–H groups in total. The first-order valence-electron chi connectivity index (χ1n) is 7.80. The number of fused-ring (bicyclic) bond motifs is 1. The fourth-order valence-corrected chi connectivity index (χ4v) is 3.79. The largest absolute Gasteiger partial charge is 0.381 e. The molecule has 1 aliphatic rings. The fourth-order valence-electron chi connectivity index (χ4n) is 3.09. The molecule has 1 aliphatic heterocycles. The summed E-state index contributed by atoms with van der Waals surface area (Å²) >= 11 is 1.79. The maximum absolute atomic E-state index is 5.47. The van der Waals surface area contributed by atoms with Crippen LogP contribution in [0.1, 0.15) is 23.5 Å². The summed E-state index contributed by atoms with van der Waals surface area (Å²) < 4.78 is 7.76. The number of pyridine rings is 1. The van der Waals surface area contributed by atoms with Crippen LogP contribution >= 0.6 is 11.3 Å². The average Bonchev–Trinajstić information content (AvgIpc) is 3.18. The highest BCUT2D eigenvalue weighted by atomic mass is 32.1. The van der Waals surface area contributed by atoms with Crippen molar-refractivity contribution in [1.29, 1.82) is 0 Å². The van der Waals surface area contributed by atoms with Crippen LogP contribution in [0.2, 0.25) is 0 Å². The van der Waals surface area contributed by atoms with Gasteiger partial charge < -0.3 is 9.30 Å². The molecule has 0 atom stereocenters. The van der Waals surface area contributed by atoms with Gasteiger partial charge in [0.1, 0.15) is 11.3 Å². The van der Waals surface area contributed by atoms with E-state index in [2.05, 4.69) is 33.1 Å². The van der Waals surface area contributed by atoms with Crippen LogP contribution in [0.3, 0.4) is 0 Å². The summed E-state index contributed by atoms with van der Waals surface area (Å²) in [7, 11) is 0. The second-order valence-electron chi connectivity index (χ2n) is 5.80. The predicted octanol–water partition coefficient (Wildman–Crippen LogP) is 3.51. The Morgan fingerprint density at radius 2 is 2.14 bits per heavy atom. The first-order valence-corrected chi connectivity index (χ1v) is 8.68. The standard InChI is InChI=1S/C17H19N3OS/c1-4-15-17(18-7-1)20(12-14-3-2-10-22-14)16(19-15)11-13-5-8-21-9-6-13/h1-4,7,10,13H,5-6,8-9,11-12H2. The highest BCUT2D eigenvalue weighted by molar-refractivity contribution is 7.09. The zero-order chi connectivity index (χ0) is 14.8. The van der Waals surface area contributed by atoms with E-state index in [1.54, 1.807) is 11.3 Å². The lowest BCUT2D eigenvalue weighted by atomic mass is 9.96. The van der Waals surface area contributed by atoms with Gasteiger partial charge >= 0.3 is 0 Å². The monoisotopic (exact) mass is 313 g/mol. The summed E-state index contributed by atoms with van der Waals surface area (Å²) in [6, 6.07) is 8.30. The van der Waals surface area contributed by atoms with E-state index in [1.165, 1.54) is 4.88 Å². The van der Waals surface area contributed by atoms with E-state index in [-0.39, 0.29) is 0 Å². The van der Waals surface area contributed by atoms with Crippen molar-refractivity contribution in [3.8, 4) is 0 Å². The van der Waals surface area contributed by atoms with Crippen LogP contribution in [0.5, 0.6) is 0 Å². The lowest BCUT2D eigenvalue weighted by Crippen LogP contribution is -2.19. The number of nitrogens with zero attached hydrogens (tertiary/aromatic N) is 3. The molecule has 5 heteroatoms. The molecular formula is C17H19N3OS. The fraction of sp³-hybridized carbons (Fsp3) is 0.412. The van der Waals surface area contributed by atoms with E-state index in [1.807, 2.05) is 12.3 Å². The Morgan fingerprint density at radius 1 is 1.23 bits per heavy atom. The maximum atomic E-state index is 5.47. The van der Waals surface area contributed by atoms with Crippen molar-refractivity contribution in [2.45, 2.75) is 25.8 Å². The molecule has 4 heterocycles. The van der Waals surface area contributed by atoms with Gasteiger partial charge in [-0.25, -0.2) is 9.97 Å². The van der Waals surface area contributed by atoms with E-state index >= 15 is 0 Å². The molecule has 3 aromatic rings. The zero-order valence-corrected chi connectivity index (χ0v) is 13.3. The maximum Gasteiger partial charge on any atom is 0.160 e. The van der Waals surface area contributed by atoms with Gasteiger partial charge in [0, 0.05) is 30.7 Å². The Balaban J connectivity index is 1.69. The first-order chi connectivity index (χ1) is 10.9. The number of thiophene rings is 1. The molecule has 0 aliphatic carbocycles. The average molecular weight is 313 g/mol. The molecular weight excluding hydrogens is 294 g/mol. The quantitative estimate of drug-likeness (QED) is 0.740. The number of hydrogen-bond donors (Lipinski definition) is 0. The lowest BCUT2D eigenvalue weighted by molar-refractivity contribution is 0.0658. The Bertz CT molecular complexity index is 744. The van der Waals surface area contributed by atoms with E-state index < -0.39 is 0 Å². The van der Waals surface area contributed by atoms with E-state index in [0.717, 1.165) is 56.0 Å². The highest BCUT2D eigenvalue weighted by Gasteiger charge is 2.19. The molecule has 0 spiro atoms. The molecule has 0 saturated carbocycles. The molecule has 114 valence electrons. The molecule has 0 amide bonds. The molecule has 1 fully saturated rings. The number of hydrogen-bond acceptors (Lipinski definition) is 4. The summed E-state index contributed by atoms with van der Waals surface area (Å²) in [5.41, 5.74) is 2.00. The lowest BCUT2D eigenvalue weighted by Gasteiger charge is -2.21. The van der Waals surface area contributed by atoms with Crippen molar-refractivity contribution < 1.29 is 4.74 Å². The third-order valence-corrected chi connectivity index (χ3v) is 5.15. The van der Waals surface area contributed by atoms with Gasteiger partial charge in [0.2, 0.25) is 0 Å². The third-order valence-electron chi connectivity index (χ3n) is 4.29. The molecule has 1 saturated heterocycles. The van der Waals surface area contributed by atoms with Crippen LogP contribution in [0.4, 0.5) is 0 Å². The van der Waals surface area contributed by atoms with Crippen molar-refractivity contribution in [2.75, 3.05) is 13.2 Å². The Labute approximate surface area is 133 Å². The van der Waals surface area contributed by atoms with Gasteiger partial charge in [0.25, 0.3) is 0 Å². The van der Waals surface area contributed by atoms with Gasteiger partial charge in [0.15, 0.2) is 5.65 Å². The molecule has 0 bridgehead atoms. The zero-order valence-electron chi connectivity index (χ0n) is 12.4. The van der Waals surface area contributed by atoms with Gasteiger partial charge in [0.05, 0.1) is 6.54 Å². The normalized spacial score (nSPS) is 16.4. The van der Waals surface area contributed by atoms with E-state index in [0.29, 0.717) is 5.92 Å². The number of imidazole rings is 1. The van der Waals surface area contributed by atoms with Crippen LogP contribution in [-0.4, -0.2) is 27.7 Å². The van der Waals surface area contributed by atoms with Gasteiger partial charge in [-0.15, -0.1) is 11.3 Å². The molecule has 3 aromatic heterocycles. The van der Waals surface area contributed by atoms with Crippen molar-refractivity contribution >= 4 is 22.5 Å². The number of ether oxygens (including phenoxy) is 1. The molecule has 0 unspecified atom stereocenters. The summed E-state index contributed by atoms with van der Waals surface area (Å²) in [5.74, 6) is 1.83. The SMILES string of the molecule is c1csc(Cn2c(CC3CCOCC3)nc3cccnc32)c1. The summed E-state index contributed by atoms with van der Waals surface area (Å²) in [6.45, 7) is 2.63. The van der Waals surface area contributed by atoms with Crippen LogP contribution in [0.15, 0.2) is 35.8 Å². The van der Waals surface area contributed by atoms with Gasteiger partial charge in [-0.1, -0.05) is 6.07 Å². The van der Waals surface area contributed by atoms with Gasteiger partial charge in [-0.3, -0.25) is 0 Å². The highest BCUT2D eigenvalue weighted by Crippen LogP contribution is 2.24. The Kier molecular flexibility index (Phi) is 3.91. The topological polar surface area (TPSA) is 39.9 Å². The molecule has 4 nitrogen and oxygen atoms in total. The smallest absolute Gasteiger partial charge is 0.160 e. The van der Waals surface area contributed by atoms with E-state index in [9.17, 15) is 0 Å². The molecule has 0 radical (unpaired) electrons. The summed E-state index contributed by atoms with van der Waals surface area (Å²) in [6.07, 6.45) is 5.14. The van der Waals surface area contributed by atoms with E-state index in [4.69, 9.17) is 9.72 Å². The molecule has 0 aromatic carbocycles. The van der Waals surface area contributed by atoms with Crippen LogP contribution < -0.4 is 0 Å². The van der Waals surface area contributed by atoms with Gasteiger partial charge in [-0.05, 0) is 42.3 Å². The van der Waals surface area contributed by atoms with Crippen LogP contribution in [0, 0.1) is 5.92 Å². The minimum Gasteiger partial charge on any atom is -0.381 e. The molecule has 4 rings (SSSR count). The first kappa shape index (κ1) is 13.9. The minimum absolute atomic E-state index is 0.674. The van der Waals surface area contributed by atoms with Crippen molar-refractivity contribution in [1.82, 2.24) is 14.5 Å². The van der Waals surface area contributed by atoms with Crippen molar-refractivity contribution in [2.24, 2.45) is 5.92 Å². The third kappa shape index (κ3) is 2.78. The van der Waals surface area contributed by atoms with Crippen LogP contribution in [-0.2, 0) is 17.7 Å². The van der Waals surface area contributed by atoms with Crippen LogP contribution in [0.25, 0.3) is 11.2 Å².